The van der Waals surface area contributed by atoms with E-state index in [1.165, 1.54) is 12.1 Å². The van der Waals surface area contributed by atoms with Gasteiger partial charge in [0.1, 0.15) is 5.75 Å². The number of benzene rings is 1. The van der Waals surface area contributed by atoms with Gasteiger partial charge in [-0.15, -0.1) is 0 Å². The highest BCUT2D eigenvalue weighted by molar-refractivity contribution is 6.01. The number of nitro groups is 1. The quantitative estimate of drug-likeness (QED) is 0.467. The highest BCUT2D eigenvalue weighted by Gasteiger charge is 2.24. The van der Waals surface area contributed by atoms with Gasteiger partial charge in [-0.2, -0.15) is 0 Å². The van der Waals surface area contributed by atoms with Gasteiger partial charge in [-0.25, -0.2) is 0 Å². The van der Waals surface area contributed by atoms with Crippen LogP contribution in [-0.2, 0) is 0 Å². The Balaban J connectivity index is 2.27. The second-order valence-corrected chi connectivity index (χ2v) is 5.48. The summed E-state index contributed by atoms with van der Waals surface area (Å²) in [6, 6.07) is 4.53. The lowest BCUT2D eigenvalue weighted by Crippen LogP contribution is -2.13. The maximum atomic E-state index is 12.0. The molecule has 0 spiro atoms. The van der Waals surface area contributed by atoms with Crippen molar-refractivity contribution in [2.75, 3.05) is 0 Å². The molecule has 0 amide bonds. The Morgan fingerprint density at radius 3 is 2.55 bits per heavy atom. The lowest BCUT2D eigenvalue weighted by Gasteiger charge is -2.13. The SMILES string of the molecule is CC(C)C(=O)c1ccc(OC2CCCC2)cc1[N+](=O)[O-]. The number of hydrogen-bond donors (Lipinski definition) is 0. The number of ketones is 1. The maximum absolute atomic E-state index is 12.0. The molecule has 1 aromatic rings. The first-order valence-corrected chi connectivity index (χ1v) is 6.98. The molecule has 1 aliphatic rings. The molecule has 0 bridgehead atoms. The first kappa shape index (κ1) is 14.5. The number of Topliss-reactive ketones (excluding diaryl/α,β-unsaturated/α-hetero) is 1. The molecular formula is C15H19NO4. The van der Waals surface area contributed by atoms with E-state index in [9.17, 15) is 14.9 Å². The van der Waals surface area contributed by atoms with Crippen molar-refractivity contribution >= 4 is 11.5 Å². The fourth-order valence-electron chi connectivity index (χ4n) is 2.45. The van der Waals surface area contributed by atoms with Crippen LogP contribution in [0.25, 0.3) is 0 Å². The van der Waals surface area contributed by atoms with Crippen LogP contribution in [0.15, 0.2) is 18.2 Å². The number of carbonyl (C=O) groups excluding carboxylic acids is 1. The summed E-state index contributed by atoms with van der Waals surface area (Å²) in [5.74, 6) is -0.0108. The fraction of sp³-hybridized carbons (Fsp3) is 0.533. The molecule has 0 radical (unpaired) electrons. The zero-order chi connectivity index (χ0) is 14.7. The van der Waals surface area contributed by atoms with E-state index in [1.54, 1.807) is 19.9 Å². The van der Waals surface area contributed by atoms with Crippen molar-refractivity contribution in [1.29, 1.82) is 0 Å². The second kappa shape index (κ2) is 6.03. The van der Waals surface area contributed by atoms with Crippen LogP contribution in [0.3, 0.4) is 0 Å². The molecule has 1 fully saturated rings. The topological polar surface area (TPSA) is 69.4 Å². The predicted octanol–water partition coefficient (Wildman–Crippen LogP) is 3.75. The largest absolute Gasteiger partial charge is 0.490 e. The number of hydrogen-bond acceptors (Lipinski definition) is 4. The summed E-state index contributed by atoms with van der Waals surface area (Å²) >= 11 is 0. The van der Waals surface area contributed by atoms with E-state index >= 15 is 0 Å². The molecule has 1 aliphatic carbocycles. The minimum Gasteiger partial charge on any atom is -0.490 e. The van der Waals surface area contributed by atoms with Crippen LogP contribution >= 0.6 is 0 Å². The van der Waals surface area contributed by atoms with Crippen molar-refractivity contribution in [3.05, 3.63) is 33.9 Å². The predicted molar refractivity (Wildman–Crippen MR) is 75.1 cm³/mol. The van der Waals surface area contributed by atoms with Crippen LogP contribution in [0.2, 0.25) is 0 Å². The third-order valence-electron chi connectivity index (χ3n) is 3.56. The van der Waals surface area contributed by atoms with Crippen LogP contribution in [0.5, 0.6) is 5.75 Å². The second-order valence-electron chi connectivity index (χ2n) is 5.48. The van der Waals surface area contributed by atoms with Crippen molar-refractivity contribution in [1.82, 2.24) is 0 Å². The Hall–Kier alpha value is -1.91. The molecule has 0 aromatic heterocycles. The van der Waals surface area contributed by atoms with E-state index < -0.39 is 4.92 Å². The first-order chi connectivity index (χ1) is 9.49. The maximum Gasteiger partial charge on any atom is 0.283 e. The minimum atomic E-state index is -0.517. The summed E-state index contributed by atoms with van der Waals surface area (Å²) in [6.07, 6.45) is 4.38. The molecule has 108 valence electrons. The zero-order valence-electron chi connectivity index (χ0n) is 11.8. The summed E-state index contributed by atoms with van der Waals surface area (Å²) in [7, 11) is 0. The molecule has 1 saturated carbocycles. The summed E-state index contributed by atoms with van der Waals surface area (Å²) in [5, 5.41) is 11.1. The van der Waals surface area contributed by atoms with Crippen LogP contribution in [0, 0.1) is 16.0 Å². The van der Waals surface area contributed by atoms with Gasteiger partial charge in [0.25, 0.3) is 5.69 Å². The molecule has 1 aromatic carbocycles. The van der Waals surface area contributed by atoms with E-state index in [0.29, 0.717) is 5.75 Å². The smallest absolute Gasteiger partial charge is 0.283 e. The molecule has 0 N–H and O–H groups in total. The van der Waals surface area contributed by atoms with Gasteiger partial charge in [0, 0.05) is 5.92 Å². The third kappa shape index (κ3) is 3.15. The molecule has 2 rings (SSSR count). The summed E-state index contributed by atoms with van der Waals surface area (Å²) in [5.41, 5.74) is -0.0111. The van der Waals surface area contributed by atoms with Crippen LogP contribution < -0.4 is 4.74 Å². The molecule has 0 heterocycles. The van der Waals surface area contributed by atoms with Gasteiger partial charge in [0.2, 0.25) is 0 Å². The van der Waals surface area contributed by atoms with Crippen molar-refractivity contribution < 1.29 is 14.5 Å². The number of nitrogens with zero attached hydrogens (tertiary/aromatic N) is 1. The van der Waals surface area contributed by atoms with Gasteiger partial charge in [0.05, 0.1) is 22.7 Å². The van der Waals surface area contributed by atoms with Gasteiger partial charge >= 0.3 is 0 Å². The van der Waals surface area contributed by atoms with Crippen molar-refractivity contribution in [3.63, 3.8) is 0 Å². The molecular weight excluding hydrogens is 258 g/mol. The molecule has 5 heteroatoms. The first-order valence-electron chi connectivity index (χ1n) is 6.98. The monoisotopic (exact) mass is 277 g/mol. The number of rotatable bonds is 5. The lowest BCUT2D eigenvalue weighted by molar-refractivity contribution is -0.385. The van der Waals surface area contributed by atoms with Crippen LogP contribution in [-0.4, -0.2) is 16.8 Å². The van der Waals surface area contributed by atoms with E-state index in [1.807, 2.05) is 0 Å². The lowest BCUT2D eigenvalue weighted by atomic mass is 9.99. The number of nitro benzene ring substituents is 1. The highest BCUT2D eigenvalue weighted by atomic mass is 16.6. The Bertz CT molecular complexity index is 519. The third-order valence-corrected chi connectivity index (χ3v) is 3.56. The molecule has 0 saturated heterocycles. The molecule has 5 nitrogen and oxygen atoms in total. The Morgan fingerprint density at radius 1 is 1.35 bits per heavy atom. The molecule has 0 atom stereocenters. The van der Waals surface area contributed by atoms with Gasteiger partial charge < -0.3 is 4.74 Å². The van der Waals surface area contributed by atoms with Crippen LogP contribution in [0.1, 0.15) is 49.9 Å². The van der Waals surface area contributed by atoms with E-state index in [2.05, 4.69) is 0 Å². The van der Waals surface area contributed by atoms with Crippen LogP contribution in [0.4, 0.5) is 5.69 Å². The van der Waals surface area contributed by atoms with Gasteiger partial charge in [-0.05, 0) is 37.8 Å². The highest BCUT2D eigenvalue weighted by Crippen LogP contribution is 2.30. The van der Waals surface area contributed by atoms with Crippen molar-refractivity contribution in [2.24, 2.45) is 5.92 Å². The van der Waals surface area contributed by atoms with Gasteiger partial charge in [0.15, 0.2) is 5.78 Å². The average molecular weight is 277 g/mol. The van der Waals surface area contributed by atoms with E-state index in [0.717, 1.165) is 25.7 Å². The number of carbonyl (C=O) groups is 1. The van der Waals surface area contributed by atoms with Crippen molar-refractivity contribution in [2.45, 2.75) is 45.6 Å². The zero-order valence-corrected chi connectivity index (χ0v) is 11.8. The molecule has 0 aliphatic heterocycles. The fourth-order valence-corrected chi connectivity index (χ4v) is 2.45. The Labute approximate surface area is 118 Å². The molecule has 20 heavy (non-hydrogen) atoms. The van der Waals surface area contributed by atoms with E-state index in [-0.39, 0.29) is 29.1 Å². The Morgan fingerprint density at radius 2 is 2.00 bits per heavy atom. The summed E-state index contributed by atoms with van der Waals surface area (Å²) in [6.45, 7) is 3.46. The summed E-state index contributed by atoms with van der Waals surface area (Å²) < 4.78 is 5.75. The standard InChI is InChI=1S/C15H19NO4/c1-10(2)15(17)13-8-7-12(9-14(13)16(18)19)20-11-5-3-4-6-11/h7-11H,3-6H2,1-2H3. The Kier molecular flexibility index (Phi) is 4.37. The molecule has 0 unspecified atom stereocenters. The number of ether oxygens (including phenoxy) is 1. The van der Waals surface area contributed by atoms with Gasteiger partial charge in [-0.3, -0.25) is 14.9 Å². The van der Waals surface area contributed by atoms with Gasteiger partial charge in [-0.1, -0.05) is 13.8 Å². The average Bonchev–Trinajstić information content (AvgIpc) is 2.90. The van der Waals surface area contributed by atoms with Crippen molar-refractivity contribution in [3.8, 4) is 5.75 Å². The normalized spacial score (nSPS) is 15.6. The minimum absolute atomic E-state index is 0.140. The van der Waals surface area contributed by atoms with E-state index in [4.69, 9.17) is 4.74 Å². The summed E-state index contributed by atoms with van der Waals surface area (Å²) in [4.78, 5) is 22.6.